The molecule has 34 nitrogen and oxygen atoms in total. The molecule has 4 unspecified atom stereocenters. The van der Waals surface area contributed by atoms with Crippen molar-refractivity contribution in [2.24, 2.45) is 4.99 Å². The lowest BCUT2D eigenvalue weighted by Gasteiger charge is -2.39. The number of anilines is 2. The van der Waals surface area contributed by atoms with E-state index in [1.807, 2.05) is 0 Å². The van der Waals surface area contributed by atoms with Gasteiger partial charge in [0.05, 0.1) is 115 Å². The maximum absolute atomic E-state index is 14.2. The standard InChI is InChI=1S/C32H44N2O11.C27H36N2O10.C23H30N2O7/c1-5-16-44-32(38)34-23-20-26(40-3)25(39-2)19-22(23)30(37)33-15-14-24(29(33)31(34)45-28-13-6-7-17-43-28)42-18-9-11-21(35)10-8-12-27(36)41-4;1-4-12-38-27(33)29-18-16-21(35-3)20(34-2)15-17(18)25(32)28-11-10-19(36-14-7-8-22(30)31)24(28)26(29)39-23-9-5-6-13-37-23;1-29-20-12-16-17(13-21(20)30-2)24-14-18-19(9-10-25(18)23(16)28)32-11-5-7-15(26)6-4-8-22(27)31-3/h5,19-20,24,28-29,31H,1,6-18H2,2-4H3;4,15-16,19,23-24,26H,1,5-14H2,2-3H3,(H,30,31);12-14,18-19H,4-11H2,1-3H3/t24-,28?,29-,31?;19-,23?,24-,26?;18-,19+/m001/s1. The van der Waals surface area contributed by atoms with Crippen LogP contribution in [0.1, 0.15) is 166 Å². The summed E-state index contributed by atoms with van der Waals surface area (Å²) < 4.78 is 96.1. The summed E-state index contributed by atoms with van der Waals surface area (Å²) >= 11 is 0. The lowest BCUT2D eigenvalue weighted by Crippen LogP contribution is -2.57. The smallest absolute Gasteiger partial charge is 0.416 e. The van der Waals surface area contributed by atoms with Gasteiger partial charge in [-0.15, -0.1) is 0 Å². The molecule has 0 radical (unpaired) electrons. The highest BCUT2D eigenvalue weighted by atomic mass is 16.7. The number of carbonyl (C=O) groups is 10. The Morgan fingerprint density at radius 2 is 0.845 bits per heavy atom. The molecule has 34 heteroatoms. The first-order valence-electron chi connectivity index (χ1n) is 39.4. The first kappa shape index (κ1) is 90.0. The Bertz CT molecular complexity index is 3940. The average molecular weight is 1630 g/mol. The molecule has 10 atom stereocenters. The number of hydrogen-bond donors (Lipinski definition) is 1. The van der Waals surface area contributed by atoms with Crippen LogP contribution < -0.4 is 38.2 Å². The minimum Gasteiger partial charge on any atom is -0.493 e. The van der Waals surface area contributed by atoms with Crippen LogP contribution in [0.3, 0.4) is 0 Å². The van der Waals surface area contributed by atoms with Gasteiger partial charge in [-0.25, -0.2) is 19.4 Å². The predicted octanol–water partition coefficient (Wildman–Crippen LogP) is 9.90. The number of carbonyl (C=O) groups excluding carboxylic acids is 9. The van der Waals surface area contributed by atoms with Gasteiger partial charge in [0, 0.05) is 122 Å². The fourth-order valence-electron chi connectivity index (χ4n) is 15.1. The van der Waals surface area contributed by atoms with Crippen LogP contribution in [0.2, 0.25) is 0 Å². The lowest BCUT2D eigenvalue weighted by molar-refractivity contribution is -0.201. The van der Waals surface area contributed by atoms with Crippen LogP contribution in [0.4, 0.5) is 26.7 Å². The number of aliphatic imine (C=N–C) groups is 1. The van der Waals surface area contributed by atoms with Crippen molar-refractivity contribution in [3.05, 3.63) is 78.4 Å². The van der Waals surface area contributed by atoms with Crippen LogP contribution in [0.15, 0.2) is 66.7 Å². The van der Waals surface area contributed by atoms with Crippen LogP contribution in [-0.4, -0.2) is 270 Å². The second-order valence-corrected chi connectivity index (χ2v) is 28.3. The Morgan fingerprint density at radius 3 is 1.25 bits per heavy atom. The van der Waals surface area contributed by atoms with Gasteiger partial charge in [0.25, 0.3) is 17.7 Å². The molecule has 1 N–H and O–H groups in total. The van der Waals surface area contributed by atoms with Gasteiger partial charge in [-0.2, -0.15) is 0 Å². The molecule has 5 fully saturated rings. The van der Waals surface area contributed by atoms with Crippen molar-refractivity contribution in [2.45, 2.75) is 196 Å². The van der Waals surface area contributed by atoms with Crippen molar-refractivity contribution in [1.29, 1.82) is 0 Å². The number of rotatable bonds is 37. The Balaban J connectivity index is 0.000000202. The number of nitrogens with zero attached hydrogens (tertiary/aromatic N) is 6. The van der Waals surface area contributed by atoms with E-state index in [-0.39, 0.29) is 128 Å². The van der Waals surface area contributed by atoms with E-state index in [4.69, 9.17) is 76.2 Å². The Kier molecular flexibility index (Phi) is 34.9. The molecule has 3 aromatic rings. The Labute approximate surface area is 675 Å². The van der Waals surface area contributed by atoms with Crippen molar-refractivity contribution < 1.29 is 134 Å². The first-order valence-corrected chi connectivity index (χ1v) is 39.4. The quantitative estimate of drug-likeness (QED) is 0.0243. The van der Waals surface area contributed by atoms with Crippen molar-refractivity contribution in [2.75, 3.05) is 133 Å². The van der Waals surface area contributed by atoms with E-state index in [1.165, 1.54) is 71.7 Å². The van der Waals surface area contributed by atoms with Gasteiger partial charge in [0.2, 0.25) is 0 Å². The Morgan fingerprint density at radius 1 is 0.466 bits per heavy atom. The molecule has 8 heterocycles. The fourth-order valence-corrected chi connectivity index (χ4v) is 15.1. The monoisotopic (exact) mass is 1630 g/mol. The number of methoxy groups -OCH3 is 8. The van der Waals surface area contributed by atoms with Crippen molar-refractivity contribution in [1.82, 2.24) is 14.7 Å². The number of benzene rings is 3. The number of fused-ring (bicyclic) bond motifs is 6. The predicted molar refractivity (Wildman–Crippen MR) is 416 cm³/mol. The summed E-state index contributed by atoms with van der Waals surface area (Å²) in [6.45, 7) is 10.3. The minimum atomic E-state index is -1.03. The number of amides is 5. The van der Waals surface area contributed by atoms with Crippen LogP contribution in [0.25, 0.3) is 0 Å². The molecule has 5 saturated heterocycles. The third kappa shape index (κ3) is 23.0. The molecule has 0 spiro atoms. The SMILES string of the molecule is C=CCOC(=O)N1c2cc(OC)c(OC)cc2C(=O)N2CC[C@H](OCCCC(=O)CCCC(=O)OC)[C@H]2C1OC1CCCCO1.C=CCOC(=O)N1c2cc(OC)c(OC)cc2C(=O)N2CC[C@H](OCCCC(=O)O)[C@H]2C1OC1CCCCO1.COC(=O)CCCC(=O)CCCO[C@H]1CCN2C(=O)c3cc(OC)c(OC)cc3N=C[C@H]12. The normalized spacial score (nSPS) is 22.3. The molecule has 116 heavy (non-hydrogen) atoms. The zero-order chi connectivity index (χ0) is 83.4. The van der Waals surface area contributed by atoms with E-state index < -0.39 is 67.5 Å². The number of ketones is 2. The van der Waals surface area contributed by atoms with Crippen molar-refractivity contribution in [3.8, 4) is 34.5 Å². The fraction of sp³-hybridized carbons (Fsp3) is 0.598. The molecule has 636 valence electrons. The summed E-state index contributed by atoms with van der Waals surface area (Å²) in [7, 11) is 11.6. The Hall–Kier alpha value is -9.97. The van der Waals surface area contributed by atoms with Crippen LogP contribution in [0, 0.1) is 0 Å². The van der Waals surface area contributed by atoms with Gasteiger partial charge >= 0.3 is 30.1 Å². The van der Waals surface area contributed by atoms with E-state index in [9.17, 15) is 47.9 Å². The number of esters is 2. The summed E-state index contributed by atoms with van der Waals surface area (Å²) in [6, 6.07) is 7.91. The van der Waals surface area contributed by atoms with Gasteiger partial charge in [-0.1, -0.05) is 25.3 Å². The number of aliphatic carboxylic acids is 1. The highest BCUT2D eigenvalue weighted by Gasteiger charge is 2.55. The van der Waals surface area contributed by atoms with Gasteiger partial charge < -0.3 is 100 Å². The number of Topliss-reactive ketones (excluding diaryl/α,β-unsaturated/α-hetero) is 2. The molecule has 0 saturated carbocycles. The highest BCUT2D eigenvalue weighted by molar-refractivity contribution is 6.08. The molecule has 0 aromatic heterocycles. The maximum atomic E-state index is 14.2. The minimum absolute atomic E-state index is 0.0327. The molecule has 11 rings (SSSR count). The van der Waals surface area contributed by atoms with Crippen LogP contribution in [0.5, 0.6) is 34.5 Å². The lowest BCUT2D eigenvalue weighted by atomic mass is 10.1. The van der Waals surface area contributed by atoms with E-state index in [2.05, 4.69) is 27.6 Å². The summed E-state index contributed by atoms with van der Waals surface area (Å²) in [5.41, 5.74) is 1.94. The van der Waals surface area contributed by atoms with Crippen molar-refractivity contribution in [3.63, 3.8) is 0 Å². The molecule has 0 bridgehead atoms. The number of carboxylic acids is 1. The molecule has 5 amide bonds. The molecule has 8 aliphatic heterocycles. The van der Waals surface area contributed by atoms with Crippen molar-refractivity contribution >= 4 is 82.7 Å². The maximum Gasteiger partial charge on any atom is 0.416 e. The molecular formula is C82H110N6O28. The second kappa shape index (κ2) is 44.9. The summed E-state index contributed by atoms with van der Waals surface area (Å²) in [5, 5.41) is 9.01. The van der Waals surface area contributed by atoms with Gasteiger partial charge in [-0.3, -0.25) is 43.3 Å². The van der Waals surface area contributed by atoms with E-state index in [1.54, 1.807) is 64.4 Å². The zero-order valence-electron chi connectivity index (χ0n) is 67.5. The molecule has 8 aliphatic rings. The highest BCUT2D eigenvalue weighted by Crippen LogP contribution is 2.46. The van der Waals surface area contributed by atoms with Gasteiger partial charge in [-0.05, 0) is 108 Å². The summed E-state index contributed by atoms with van der Waals surface area (Å²) in [5.74, 6) is 0.124. The number of ether oxygens (including phenoxy) is 17. The van der Waals surface area contributed by atoms with E-state index in [0.29, 0.717) is 169 Å². The summed E-state index contributed by atoms with van der Waals surface area (Å²) in [4.78, 5) is 139. The van der Waals surface area contributed by atoms with E-state index in [0.717, 1.165) is 25.7 Å². The first-order chi connectivity index (χ1) is 56.2. The van der Waals surface area contributed by atoms with Gasteiger partial charge in [0.1, 0.15) is 36.9 Å². The van der Waals surface area contributed by atoms with E-state index >= 15 is 0 Å². The topological polar surface area (TPSA) is 376 Å². The third-order valence-electron chi connectivity index (χ3n) is 20.9. The molecular weight excluding hydrogens is 1520 g/mol. The molecule has 3 aromatic carbocycles. The van der Waals surface area contributed by atoms with Crippen LogP contribution in [-0.2, 0) is 76.1 Å². The second-order valence-electron chi connectivity index (χ2n) is 28.3. The average Bonchev–Trinajstić information content (AvgIpc) is 1.59. The largest absolute Gasteiger partial charge is 0.493 e. The van der Waals surface area contributed by atoms with Gasteiger partial charge in [0.15, 0.2) is 59.5 Å². The molecule has 0 aliphatic carbocycles. The third-order valence-corrected chi connectivity index (χ3v) is 20.9. The van der Waals surface area contributed by atoms with Crippen LogP contribution >= 0.6 is 0 Å². The zero-order valence-corrected chi connectivity index (χ0v) is 67.5. The number of hydrogen-bond acceptors (Lipinski definition) is 28. The number of carboxylic acid groups (broad SMARTS) is 1. The summed E-state index contributed by atoms with van der Waals surface area (Å²) in [6.07, 6.45) is 9.28.